The SMILES string of the molecule is CC(C)(C)CC[C@H](Nc1nccc(OCc2ccccc2)n1)C(=O)O. The molecular weight excluding hydrogens is 318 g/mol. The maximum absolute atomic E-state index is 11.5. The van der Waals surface area contributed by atoms with Gasteiger partial charge in [0.25, 0.3) is 0 Å². The molecule has 6 nitrogen and oxygen atoms in total. The molecule has 1 aromatic carbocycles. The first kappa shape index (κ1) is 18.7. The lowest BCUT2D eigenvalue weighted by atomic mass is 9.89. The molecule has 0 radical (unpaired) electrons. The number of ether oxygens (including phenoxy) is 1. The van der Waals surface area contributed by atoms with Gasteiger partial charge < -0.3 is 15.2 Å². The Bertz CT molecular complexity index is 684. The number of carbonyl (C=O) groups is 1. The Balaban J connectivity index is 1.97. The van der Waals surface area contributed by atoms with Crippen LogP contribution in [0.5, 0.6) is 5.88 Å². The Kier molecular flexibility index (Phi) is 6.33. The summed E-state index contributed by atoms with van der Waals surface area (Å²) in [5.74, 6) is -0.253. The number of carboxylic acid groups (broad SMARTS) is 1. The minimum absolute atomic E-state index is 0.0663. The van der Waals surface area contributed by atoms with Gasteiger partial charge in [0.15, 0.2) is 0 Å². The predicted molar refractivity (Wildman–Crippen MR) is 96.5 cm³/mol. The lowest BCUT2D eigenvalue weighted by Gasteiger charge is -2.21. The second kappa shape index (κ2) is 8.46. The van der Waals surface area contributed by atoms with Crippen LogP contribution < -0.4 is 10.1 Å². The average molecular weight is 343 g/mol. The van der Waals surface area contributed by atoms with E-state index in [2.05, 4.69) is 36.1 Å². The second-order valence-electron chi connectivity index (χ2n) is 7.13. The Labute approximate surface area is 148 Å². The molecule has 0 aliphatic carbocycles. The lowest BCUT2D eigenvalue weighted by molar-refractivity contribution is -0.138. The van der Waals surface area contributed by atoms with Gasteiger partial charge in [0.1, 0.15) is 12.6 Å². The van der Waals surface area contributed by atoms with Crippen molar-refractivity contribution in [1.82, 2.24) is 9.97 Å². The molecule has 0 amide bonds. The number of hydrogen-bond donors (Lipinski definition) is 2. The lowest BCUT2D eigenvalue weighted by Crippen LogP contribution is -2.31. The van der Waals surface area contributed by atoms with E-state index in [1.54, 1.807) is 12.3 Å². The number of nitrogens with zero attached hydrogens (tertiary/aromatic N) is 2. The first-order valence-electron chi connectivity index (χ1n) is 8.32. The van der Waals surface area contributed by atoms with Crippen molar-refractivity contribution in [2.45, 2.75) is 46.3 Å². The molecule has 0 fully saturated rings. The molecule has 0 saturated carbocycles. The highest BCUT2D eigenvalue weighted by molar-refractivity contribution is 5.76. The normalized spacial score (nSPS) is 12.4. The molecule has 2 rings (SSSR count). The molecule has 6 heteroatoms. The first-order chi connectivity index (χ1) is 11.8. The van der Waals surface area contributed by atoms with Crippen LogP contribution in [0, 0.1) is 5.41 Å². The predicted octanol–water partition coefficient (Wildman–Crippen LogP) is 3.75. The minimum Gasteiger partial charge on any atom is -0.480 e. The highest BCUT2D eigenvalue weighted by atomic mass is 16.5. The maximum Gasteiger partial charge on any atom is 0.326 e. The van der Waals surface area contributed by atoms with E-state index in [4.69, 9.17) is 4.74 Å². The largest absolute Gasteiger partial charge is 0.480 e. The molecule has 1 heterocycles. The smallest absolute Gasteiger partial charge is 0.326 e. The van der Waals surface area contributed by atoms with Gasteiger partial charge in [-0.2, -0.15) is 4.98 Å². The van der Waals surface area contributed by atoms with Gasteiger partial charge in [-0.05, 0) is 23.8 Å². The minimum atomic E-state index is -0.913. The average Bonchev–Trinajstić information content (AvgIpc) is 2.57. The van der Waals surface area contributed by atoms with E-state index in [0.29, 0.717) is 18.9 Å². The van der Waals surface area contributed by atoms with E-state index < -0.39 is 12.0 Å². The molecule has 1 aromatic heterocycles. The van der Waals surface area contributed by atoms with Crippen molar-refractivity contribution in [3.05, 3.63) is 48.2 Å². The summed E-state index contributed by atoms with van der Waals surface area (Å²) in [6.07, 6.45) is 2.83. The van der Waals surface area contributed by atoms with Crippen molar-refractivity contribution in [1.29, 1.82) is 0 Å². The third kappa shape index (κ3) is 6.79. The standard InChI is InChI=1S/C19H25N3O3/c1-19(2,3)11-9-15(17(23)24)21-18-20-12-10-16(22-18)25-13-14-7-5-4-6-8-14/h4-8,10,12,15H,9,11,13H2,1-3H3,(H,23,24)(H,20,21,22)/t15-/m0/s1. The van der Waals surface area contributed by atoms with Gasteiger partial charge in [-0.15, -0.1) is 0 Å². The van der Waals surface area contributed by atoms with Gasteiger partial charge in [-0.3, -0.25) is 0 Å². The molecule has 0 spiro atoms. The number of aliphatic carboxylic acids is 1. The molecule has 0 aliphatic heterocycles. The number of hydrogen-bond acceptors (Lipinski definition) is 5. The summed E-state index contributed by atoms with van der Waals surface area (Å²) in [7, 11) is 0. The van der Waals surface area contributed by atoms with Crippen LogP contribution in [-0.4, -0.2) is 27.1 Å². The molecule has 1 atom stereocenters. The van der Waals surface area contributed by atoms with E-state index >= 15 is 0 Å². The van der Waals surface area contributed by atoms with Gasteiger partial charge in [0, 0.05) is 12.3 Å². The zero-order chi connectivity index (χ0) is 18.3. The first-order valence-corrected chi connectivity index (χ1v) is 8.32. The van der Waals surface area contributed by atoms with Gasteiger partial charge in [-0.1, -0.05) is 51.1 Å². The highest BCUT2D eigenvalue weighted by Gasteiger charge is 2.21. The Morgan fingerprint density at radius 1 is 1.24 bits per heavy atom. The van der Waals surface area contributed by atoms with E-state index in [1.807, 2.05) is 30.3 Å². The van der Waals surface area contributed by atoms with Gasteiger partial charge in [-0.25, -0.2) is 9.78 Å². The molecule has 134 valence electrons. The van der Waals surface area contributed by atoms with Crippen molar-refractivity contribution in [3.8, 4) is 5.88 Å². The van der Waals surface area contributed by atoms with Crippen molar-refractivity contribution in [2.75, 3.05) is 5.32 Å². The van der Waals surface area contributed by atoms with Gasteiger partial charge in [0.2, 0.25) is 11.8 Å². The summed E-state index contributed by atoms with van der Waals surface area (Å²) in [5.41, 5.74) is 1.10. The van der Waals surface area contributed by atoms with Crippen molar-refractivity contribution < 1.29 is 14.6 Å². The molecule has 2 aromatic rings. The van der Waals surface area contributed by atoms with Crippen molar-refractivity contribution >= 4 is 11.9 Å². The van der Waals surface area contributed by atoms with Crippen molar-refractivity contribution in [2.24, 2.45) is 5.41 Å². The van der Waals surface area contributed by atoms with Crippen LogP contribution >= 0.6 is 0 Å². The van der Waals surface area contributed by atoms with Crippen LogP contribution in [0.3, 0.4) is 0 Å². The summed E-state index contributed by atoms with van der Waals surface area (Å²) in [6, 6.07) is 10.7. The Morgan fingerprint density at radius 2 is 1.96 bits per heavy atom. The topological polar surface area (TPSA) is 84.3 Å². The number of benzene rings is 1. The van der Waals surface area contributed by atoms with E-state index in [1.165, 1.54) is 0 Å². The molecule has 2 N–H and O–H groups in total. The fourth-order valence-electron chi connectivity index (χ4n) is 2.21. The van der Waals surface area contributed by atoms with Crippen LogP contribution in [0.4, 0.5) is 5.95 Å². The second-order valence-corrected chi connectivity index (χ2v) is 7.13. The molecule has 25 heavy (non-hydrogen) atoms. The zero-order valence-electron chi connectivity index (χ0n) is 14.9. The van der Waals surface area contributed by atoms with Crippen LogP contribution in [0.25, 0.3) is 0 Å². The fourth-order valence-corrected chi connectivity index (χ4v) is 2.21. The molecular formula is C19H25N3O3. The molecule has 0 aliphatic rings. The quantitative estimate of drug-likeness (QED) is 0.759. The Morgan fingerprint density at radius 3 is 2.60 bits per heavy atom. The van der Waals surface area contributed by atoms with Crippen LogP contribution in [-0.2, 0) is 11.4 Å². The third-order valence-corrected chi connectivity index (χ3v) is 3.64. The van der Waals surface area contributed by atoms with Crippen molar-refractivity contribution in [3.63, 3.8) is 0 Å². The number of carboxylic acids is 1. The molecule has 0 unspecified atom stereocenters. The van der Waals surface area contributed by atoms with E-state index in [-0.39, 0.29) is 11.4 Å². The summed E-state index contributed by atoms with van der Waals surface area (Å²) in [4.78, 5) is 19.8. The molecule has 0 saturated heterocycles. The van der Waals surface area contributed by atoms with E-state index in [9.17, 15) is 9.90 Å². The summed E-state index contributed by atoms with van der Waals surface area (Å²) < 4.78 is 5.65. The summed E-state index contributed by atoms with van der Waals surface area (Å²) in [6.45, 7) is 6.64. The molecule has 0 bridgehead atoms. The maximum atomic E-state index is 11.5. The van der Waals surface area contributed by atoms with Crippen LogP contribution in [0.2, 0.25) is 0 Å². The van der Waals surface area contributed by atoms with Gasteiger partial charge >= 0.3 is 5.97 Å². The highest BCUT2D eigenvalue weighted by Crippen LogP contribution is 2.22. The van der Waals surface area contributed by atoms with Crippen LogP contribution in [0.1, 0.15) is 39.2 Å². The third-order valence-electron chi connectivity index (χ3n) is 3.64. The number of aromatic nitrogens is 2. The summed E-state index contributed by atoms with van der Waals surface area (Å²) >= 11 is 0. The Hall–Kier alpha value is -2.63. The summed E-state index contributed by atoms with van der Waals surface area (Å²) in [5, 5.41) is 12.3. The zero-order valence-corrected chi connectivity index (χ0v) is 14.9. The number of anilines is 1. The van der Waals surface area contributed by atoms with E-state index in [0.717, 1.165) is 12.0 Å². The number of rotatable bonds is 8. The number of nitrogens with one attached hydrogen (secondary N) is 1. The van der Waals surface area contributed by atoms with Gasteiger partial charge in [0.05, 0.1) is 0 Å². The van der Waals surface area contributed by atoms with Crippen LogP contribution in [0.15, 0.2) is 42.6 Å². The monoisotopic (exact) mass is 343 g/mol. The fraction of sp³-hybridized carbons (Fsp3) is 0.421.